The van der Waals surface area contributed by atoms with Gasteiger partial charge >= 0.3 is 0 Å². The summed E-state index contributed by atoms with van der Waals surface area (Å²) >= 11 is 1.40. The van der Waals surface area contributed by atoms with Gasteiger partial charge in [-0.05, 0) is 42.9 Å². The molecule has 0 radical (unpaired) electrons. The average molecular weight is 351 g/mol. The van der Waals surface area contributed by atoms with E-state index in [9.17, 15) is 10.0 Å². The second-order valence-corrected chi connectivity index (χ2v) is 6.99. The van der Waals surface area contributed by atoms with Gasteiger partial charge in [0.05, 0.1) is 11.3 Å². The van der Waals surface area contributed by atoms with Crippen LogP contribution in [-0.4, -0.2) is 10.9 Å². The van der Waals surface area contributed by atoms with Crippen LogP contribution in [0.3, 0.4) is 0 Å². The van der Waals surface area contributed by atoms with Crippen molar-refractivity contribution in [3.05, 3.63) is 70.0 Å². The number of nitrogens with one attached hydrogen (secondary N) is 1. The molecule has 0 saturated carbocycles. The highest BCUT2D eigenvalue weighted by molar-refractivity contribution is 7.14. The molecule has 0 atom stereocenters. The molecule has 2 aromatic heterocycles. The monoisotopic (exact) mass is 351 g/mol. The molecule has 4 rings (SSSR count). The van der Waals surface area contributed by atoms with Crippen LogP contribution in [0.5, 0.6) is 0 Å². The minimum Gasteiger partial charge on any atom is -0.619 e. The Morgan fingerprint density at radius 1 is 1.12 bits per heavy atom. The highest BCUT2D eigenvalue weighted by atomic mass is 32.1. The predicted octanol–water partition coefficient (Wildman–Crippen LogP) is 3.57. The van der Waals surface area contributed by atoms with Gasteiger partial charge in [0.15, 0.2) is 17.5 Å². The van der Waals surface area contributed by atoms with Crippen LogP contribution in [0.1, 0.15) is 34.3 Å². The zero-order chi connectivity index (χ0) is 17.2. The van der Waals surface area contributed by atoms with E-state index < -0.39 is 0 Å². The minimum absolute atomic E-state index is 0.271. The molecule has 0 spiro atoms. The summed E-state index contributed by atoms with van der Waals surface area (Å²) in [5.74, 6) is -0.271. The third-order valence-electron chi connectivity index (χ3n) is 4.43. The molecule has 1 amide bonds. The lowest BCUT2D eigenvalue weighted by atomic mass is 9.90. The molecule has 0 saturated heterocycles. The maximum Gasteiger partial charge on any atom is 0.257 e. The van der Waals surface area contributed by atoms with Crippen LogP contribution in [0.2, 0.25) is 0 Å². The van der Waals surface area contributed by atoms with E-state index in [2.05, 4.69) is 28.5 Å². The lowest BCUT2D eigenvalue weighted by Crippen LogP contribution is -2.25. The van der Waals surface area contributed by atoms with Gasteiger partial charge in [0.25, 0.3) is 5.91 Å². The number of thiazole rings is 1. The molecular weight excluding hydrogens is 334 g/mol. The Bertz CT molecular complexity index is 919. The largest absolute Gasteiger partial charge is 0.619 e. The first kappa shape index (κ1) is 15.8. The number of pyridine rings is 1. The number of hydrogen-bond donors (Lipinski definition) is 1. The molecule has 3 aromatic rings. The van der Waals surface area contributed by atoms with Crippen LogP contribution in [0.4, 0.5) is 5.13 Å². The Morgan fingerprint density at radius 2 is 1.88 bits per heavy atom. The molecule has 0 fully saturated rings. The van der Waals surface area contributed by atoms with Gasteiger partial charge in [0.1, 0.15) is 0 Å². The molecule has 6 heteroatoms. The van der Waals surface area contributed by atoms with Gasteiger partial charge in [0, 0.05) is 23.1 Å². The number of aryl methyl sites for hydroxylation is 2. The van der Waals surface area contributed by atoms with Crippen LogP contribution < -0.4 is 10.0 Å². The van der Waals surface area contributed by atoms with E-state index in [1.54, 1.807) is 0 Å². The summed E-state index contributed by atoms with van der Waals surface area (Å²) in [6, 6.07) is 9.50. The number of carbonyl (C=O) groups is 1. The molecule has 126 valence electrons. The molecule has 5 nitrogen and oxygen atoms in total. The van der Waals surface area contributed by atoms with Gasteiger partial charge in [-0.1, -0.05) is 12.1 Å². The Labute approximate surface area is 149 Å². The first-order chi connectivity index (χ1) is 12.2. The molecule has 0 unspecified atom stereocenters. The van der Waals surface area contributed by atoms with Crippen LogP contribution in [0, 0.1) is 5.21 Å². The van der Waals surface area contributed by atoms with Crippen molar-refractivity contribution in [1.82, 2.24) is 4.98 Å². The molecule has 0 aliphatic heterocycles. The van der Waals surface area contributed by atoms with Crippen molar-refractivity contribution in [2.75, 3.05) is 5.32 Å². The fourth-order valence-corrected chi connectivity index (χ4v) is 3.80. The summed E-state index contributed by atoms with van der Waals surface area (Å²) in [6.07, 6.45) is 7.41. The second-order valence-electron chi connectivity index (χ2n) is 6.13. The fraction of sp³-hybridized carbons (Fsp3) is 0.211. The number of rotatable bonds is 3. The summed E-state index contributed by atoms with van der Waals surface area (Å²) in [4.78, 5) is 16.7. The predicted molar refractivity (Wildman–Crippen MR) is 97.5 cm³/mol. The number of hydrogen-bond acceptors (Lipinski definition) is 4. The highest BCUT2D eigenvalue weighted by Crippen LogP contribution is 2.29. The van der Waals surface area contributed by atoms with Crippen LogP contribution in [0.15, 0.2) is 48.1 Å². The molecule has 1 aliphatic rings. The molecule has 1 aliphatic carbocycles. The molecular formula is C19H17N3O2S. The van der Waals surface area contributed by atoms with E-state index in [0.29, 0.717) is 15.4 Å². The molecule has 1 aromatic carbocycles. The normalized spacial score (nSPS) is 13.3. The lowest BCUT2D eigenvalue weighted by Gasteiger charge is -2.16. The SMILES string of the molecule is O=C(Nc1nc(-c2ccc3c(c2)CCCC3)cs1)c1cc[n+]([O-])cc1. The second kappa shape index (κ2) is 6.64. The summed E-state index contributed by atoms with van der Waals surface area (Å²) in [7, 11) is 0. The number of aromatic nitrogens is 2. The first-order valence-electron chi connectivity index (χ1n) is 8.27. The first-order valence-corrected chi connectivity index (χ1v) is 9.15. The van der Waals surface area contributed by atoms with Gasteiger partial charge in [-0.2, -0.15) is 4.73 Å². The van der Waals surface area contributed by atoms with E-state index in [4.69, 9.17) is 0 Å². The van der Waals surface area contributed by atoms with Crippen molar-refractivity contribution in [1.29, 1.82) is 0 Å². The fourth-order valence-electron chi connectivity index (χ4n) is 3.09. The van der Waals surface area contributed by atoms with Crippen LogP contribution in [0.25, 0.3) is 11.3 Å². The van der Waals surface area contributed by atoms with E-state index in [0.717, 1.165) is 24.1 Å². The number of amides is 1. The minimum atomic E-state index is -0.271. The number of carbonyl (C=O) groups excluding carboxylic acids is 1. The average Bonchev–Trinajstić information content (AvgIpc) is 3.10. The van der Waals surface area contributed by atoms with Crippen molar-refractivity contribution < 1.29 is 9.52 Å². The summed E-state index contributed by atoms with van der Waals surface area (Å²) in [5.41, 5.74) is 5.25. The van der Waals surface area contributed by atoms with Crippen molar-refractivity contribution in [3.8, 4) is 11.3 Å². The maximum absolute atomic E-state index is 12.2. The zero-order valence-electron chi connectivity index (χ0n) is 13.6. The quantitative estimate of drug-likeness (QED) is 0.579. The summed E-state index contributed by atoms with van der Waals surface area (Å²) in [6.45, 7) is 0. The molecule has 1 N–H and O–H groups in total. The highest BCUT2D eigenvalue weighted by Gasteiger charge is 2.13. The van der Waals surface area contributed by atoms with Crippen molar-refractivity contribution in [2.24, 2.45) is 0 Å². The van der Waals surface area contributed by atoms with Gasteiger partial charge in [-0.25, -0.2) is 4.98 Å². The van der Waals surface area contributed by atoms with Gasteiger partial charge in [-0.15, -0.1) is 11.3 Å². The third-order valence-corrected chi connectivity index (χ3v) is 5.19. The van der Waals surface area contributed by atoms with Crippen LogP contribution in [-0.2, 0) is 12.8 Å². The topological polar surface area (TPSA) is 68.9 Å². The molecule has 2 heterocycles. The van der Waals surface area contributed by atoms with Crippen molar-refractivity contribution >= 4 is 22.4 Å². The van der Waals surface area contributed by atoms with Gasteiger partial charge in [0.2, 0.25) is 0 Å². The number of benzene rings is 1. The van der Waals surface area contributed by atoms with Gasteiger partial charge in [-0.3, -0.25) is 10.1 Å². The number of anilines is 1. The Morgan fingerprint density at radius 3 is 2.68 bits per heavy atom. The molecule has 25 heavy (non-hydrogen) atoms. The van der Waals surface area contributed by atoms with E-state index in [-0.39, 0.29) is 5.91 Å². The molecule has 0 bridgehead atoms. The Balaban J connectivity index is 1.52. The zero-order valence-corrected chi connectivity index (χ0v) is 14.4. The summed E-state index contributed by atoms with van der Waals surface area (Å²) in [5, 5.41) is 16.3. The third kappa shape index (κ3) is 3.39. The lowest BCUT2D eigenvalue weighted by molar-refractivity contribution is -0.605. The Hall–Kier alpha value is -2.73. The standard InChI is InChI=1S/C19H17N3O2S/c23-18(14-7-9-22(24)10-8-14)21-19-20-17(12-25-19)16-6-5-13-3-1-2-4-15(13)11-16/h5-12H,1-4H2,(H,20,21,23). The van der Waals surface area contributed by atoms with E-state index in [1.807, 2.05) is 5.38 Å². The summed E-state index contributed by atoms with van der Waals surface area (Å²) < 4.78 is 0.647. The van der Waals surface area contributed by atoms with E-state index >= 15 is 0 Å². The Kier molecular flexibility index (Phi) is 4.19. The van der Waals surface area contributed by atoms with Crippen molar-refractivity contribution in [3.63, 3.8) is 0 Å². The number of nitrogens with zero attached hydrogens (tertiary/aromatic N) is 2. The smallest absolute Gasteiger partial charge is 0.257 e. The number of fused-ring (bicyclic) bond motifs is 1. The van der Waals surface area contributed by atoms with Crippen LogP contribution >= 0.6 is 11.3 Å². The van der Waals surface area contributed by atoms with Gasteiger partial charge < -0.3 is 5.21 Å². The van der Waals surface area contributed by atoms with E-state index in [1.165, 1.54) is 59.8 Å². The van der Waals surface area contributed by atoms with Crippen molar-refractivity contribution in [2.45, 2.75) is 25.7 Å². The maximum atomic E-state index is 12.2.